The summed E-state index contributed by atoms with van der Waals surface area (Å²) >= 11 is 5.79. The Bertz CT molecular complexity index is 401. The van der Waals surface area contributed by atoms with Crippen LogP contribution in [0.15, 0.2) is 12.1 Å². The zero-order valence-electron chi connectivity index (χ0n) is 9.50. The molecule has 0 radical (unpaired) electrons. The first-order chi connectivity index (χ1) is 7.20. The Morgan fingerprint density at radius 1 is 1.25 bits per heavy atom. The van der Waals surface area contributed by atoms with Gasteiger partial charge in [-0.15, -0.1) is 0 Å². The van der Waals surface area contributed by atoms with Crippen LogP contribution in [0.3, 0.4) is 0 Å². The molecule has 0 atom stereocenters. The number of anilines is 2. The number of ether oxygens (including phenoxy) is 1. The molecule has 0 fully saturated rings. The summed E-state index contributed by atoms with van der Waals surface area (Å²) in [5.41, 5.74) is 11.5. The Balaban J connectivity index is 3.02. The third kappa shape index (κ3) is 3.03. The van der Waals surface area contributed by atoms with Crippen molar-refractivity contribution in [3.05, 3.63) is 22.7 Å². The third-order valence-electron chi connectivity index (χ3n) is 1.76. The fraction of sp³-hybridized carbons (Fsp3) is 0.364. The van der Waals surface area contributed by atoms with Crippen LogP contribution in [0.4, 0.5) is 11.4 Å². The summed E-state index contributed by atoms with van der Waals surface area (Å²) in [6.45, 7) is 5.36. The number of halogens is 1. The maximum absolute atomic E-state index is 11.7. The standard InChI is InChI=1S/C11H15ClN2O2/c1-11(2,3)16-10(15)6-4-7(13)9(12)8(14)5-6/h4-5H,13-14H2,1-3H3. The van der Waals surface area contributed by atoms with E-state index in [1.54, 1.807) is 20.8 Å². The van der Waals surface area contributed by atoms with Gasteiger partial charge in [0.25, 0.3) is 0 Å². The summed E-state index contributed by atoms with van der Waals surface area (Å²) in [6, 6.07) is 2.90. The van der Waals surface area contributed by atoms with E-state index < -0.39 is 11.6 Å². The van der Waals surface area contributed by atoms with E-state index in [9.17, 15) is 4.79 Å². The molecule has 4 nitrogen and oxygen atoms in total. The number of nitrogen functional groups attached to an aromatic ring is 2. The van der Waals surface area contributed by atoms with Gasteiger partial charge < -0.3 is 16.2 Å². The maximum atomic E-state index is 11.7. The molecular formula is C11H15ClN2O2. The van der Waals surface area contributed by atoms with Crippen LogP contribution in [0, 0.1) is 0 Å². The predicted molar refractivity (Wildman–Crippen MR) is 65.4 cm³/mol. The molecule has 1 rings (SSSR count). The number of rotatable bonds is 1. The van der Waals surface area contributed by atoms with Gasteiger partial charge in [-0.2, -0.15) is 0 Å². The van der Waals surface area contributed by atoms with E-state index in [4.69, 9.17) is 27.8 Å². The van der Waals surface area contributed by atoms with Crippen LogP contribution in [-0.4, -0.2) is 11.6 Å². The molecule has 0 aliphatic carbocycles. The molecule has 0 bridgehead atoms. The van der Waals surface area contributed by atoms with Crippen LogP contribution in [0.2, 0.25) is 5.02 Å². The second kappa shape index (κ2) is 4.22. The molecule has 0 saturated heterocycles. The molecular weight excluding hydrogens is 228 g/mol. The van der Waals surface area contributed by atoms with E-state index >= 15 is 0 Å². The quantitative estimate of drug-likeness (QED) is 0.586. The molecule has 0 saturated carbocycles. The van der Waals surface area contributed by atoms with E-state index in [2.05, 4.69) is 0 Å². The lowest BCUT2D eigenvalue weighted by molar-refractivity contribution is 0.00696. The van der Waals surface area contributed by atoms with Crippen LogP contribution in [0.1, 0.15) is 31.1 Å². The Hall–Kier alpha value is -1.42. The summed E-state index contributed by atoms with van der Waals surface area (Å²) in [6.07, 6.45) is 0. The fourth-order valence-electron chi connectivity index (χ4n) is 1.12. The zero-order valence-corrected chi connectivity index (χ0v) is 10.3. The van der Waals surface area contributed by atoms with E-state index in [1.807, 2.05) is 0 Å². The number of esters is 1. The highest BCUT2D eigenvalue weighted by atomic mass is 35.5. The predicted octanol–water partition coefficient (Wildman–Crippen LogP) is 2.46. The molecule has 1 aromatic carbocycles. The molecule has 0 unspecified atom stereocenters. The number of nitrogens with two attached hydrogens (primary N) is 2. The van der Waals surface area contributed by atoms with Crippen molar-refractivity contribution in [1.82, 2.24) is 0 Å². The van der Waals surface area contributed by atoms with Gasteiger partial charge in [0.2, 0.25) is 0 Å². The first-order valence-electron chi connectivity index (χ1n) is 4.78. The van der Waals surface area contributed by atoms with Crippen LogP contribution >= 0.6 is 11.6 Å². The summed E-state index contributed by atoms with van der Waals surface area (Å²) in [7, 11) is 0. The Morgan fingerprint density at radius 2 is 1.69 bits per heavy atom. The van der Waals surface area contributed by atoms with Crippen molar-refractivity contribution in [3.8, 4) is 0 Å². The van der Waals surface area contributed by atoms with Crippen LogP contribution in [-0.2, 0) is 4.74 Å². The highest BCUT2D eigenvalue weighted by Crippen LogP contribution is 2.28. The molecule has 88 valence electrons. The lowest BCUT2D eigenvalue weighted by Gasteiger charge is -2.19. The van der Waals surface area contributed by atoms with Crippen molar-refractivity contribution < 1.29 is 9.53 Å². The molecule has 4 N–H and O–H groups in total. The first kappa shape index (κ1) is 12.6. The van der Waals surface area contributed by atoms with Gasteiger partial charge in [0.15, 0.2) is 0 Å². The minimum absolute atomic E-state index is 0.257. The molecule has 0 aliphatic rings. The number of hydrogen-bond donors (Lipinski definition) is 2. The Kier molecular flexibility index (Phi) is 3.33. The van der Waals surface area contributed by atoms with Crippen molar-refractivity contribution in [1.29, 1.82) is 0 Å². The highest BCUT2D eigenvalue weighted by molar-refractivity contribution is 6.35. The summed E-state index contributed by atoms with van der Waals surface area (Å²) in [5.74, 6) is -0.470. The zero-order chi connectivity index (χ0) is 12.5. The molecule has 0 heterocycles. The molecule has 0 amide bonds. The van der Waals surface area contributed by atoms with Crippen molar-refractivity contribution in [2.24, 2.45) is 0 Å². The summed E-state index contributed by atoms with van der Waals surface area (Å²) < 4.78 is 5.18. The molecule has 0 spiro atoms. The minimum Gasteiger partial charge on any atom is -0.456 e. The second-order valence-corrected chi connectivity index (χ2v) is 4.85. The summed E-state index contributed by atoms with van der Waals surface area (Å²) in [4.78, 5) is 11.7. The largest absolute Gasteiger partial charge is 0.456 e. The number of hydrogen-bond acceptors (Lipinski definition) is 4. The first-order valence-corrected chi connectivity index (χ1v) is 5.16. The molecule has 0 aromatic heterocycles. The monoisotopic (exact) mass is 242 g/mol. The van der Waals surface area contributed by atoms with Crippen molar-refractivity contribution in [3.63, 3.8) is 0 Å². The highest BCUT2D eigenvalue weighted by Gasteiger charge is 2.19. The van der Waals surface area contributed by atoms with E-state index in [1.165, 1.54) is 12.1 Å². The molecule has 16 heavy (non-hydrogen) atoms. The van der Waals surface area contributed by atoms with Gasteiger partial charge in [-0.25, -0.2) is 4.79 Å². The van der Waals surface area contributed by atoms with Gasteiger partial charge in [0.05, 0.1) is 22.0 Å². The van der Waals surface area contributed by atoms with Crippen LogP contribution in [0.25, 0.3) is 0 Å². The average molecular weight is 243 g/mol. The van der Waals surface area contributed by atoms with Crippen molar-refractivity contribution in [2.45, 2.75) is 26.4 Å². The fourth-order valence-corrected chi connectivity index (χ4v) is 1.23. The van der Waals surface area contributed by atoms with E-state index in [0.717, 1.165) is 0 Å². The van der Waals surface area contributed by atoms with Gasteiger partial charge in [-0.1, -0.05) is 11.6 Å². The van der Waals surface area contributed by atoms with Crippen LogP contribution in [0.5, 0.6) is 0 Å². The van der Waals surface area contributed by atoms with Gasteiger partial charge >= 0.3 is 5.97 Å². The Morgan fingerprint density at radius 3 is 2.06 bits per heavy atom. The average Bonchev–Trinajstić information content (AvgIpc) is 2.10. The number of carbonyl (C=O) groups is 1. The number of carbonyl (C=O) groups excluding carboxylic acids is 1. The normalized spacial score (nSPS) is 11.2. The topological polar surface area (TPSA) is 78.3 Å². The lowest BCUT2D eigenvalue weighted by atomic mass is 10.1. The SMILES string of the molecule is CC(C)(C)OC(=O)c1cc(N)c(Cl)c(N)c1. The smallest absolute Gasteiger partial charge is 0.338 e. The van der Waals surface area contributed by atoms with E-state index in [-0.39, 0.29) is 16.4 Å². The lowest BCUT2D eigenvalue weighted by Crippen LogP contribution is -2.24. The number of benzene rings is 1. The van der Waals surface area contributed by atoms with Gasteiger partial charge in [0, 0.05) is 0 Å². The maximum Gasteiger partial charge on any atom is 0.338 e. The third-order valence-corrected chi connectivity index (χ3v) is 2.20. The second-order valence-electron chi connectivity index (χ2n) is 4.47. The summed E-state index contributed by atoms with van der Waals surface area (Å²) in [5, 5.41) is 0.257. The van der Waals surface area contributed by atoms with E-state index in [0.29, 0.717) is 5.56 Å². The minimum atomic E-state index is -0.555. The van der Waals surface area contributed by atoms with Gasteiger partial charge in [0.1, 0.15) is 5.60 Å². The molecule has 5 heteroatoms. The van der Waals surface area contributed by atoms with Gasteiger partial charge in [-0.05, 0) is 32.9 Å². The van der Waals surface area contributed by atoms with Crippen molar-refractivity contribution >= 4 is 28.9 Å². The van der Waals surface area contributed by atoms with Crippen LogP contribution < -0.4 is 11.5 Å². The van der Waals surface area contributed by atoms with Gasteiger partial charge in [-0.3, -0.25) is 0 Å². The molecule has 0 aliphatic heterocycles. The van der Waals surface area contributed by atoms with Crippen molar-refractivity contribution in [2.75, 3.05) is 11.5 Å². The Labute approximate surface area is 99.5 Å². The molecule has 1 aromatic rings.